The maximum absolute atomic E-state index is 12.9. The molecule has 0 aliphatic heterocycles. The minimum absolute atomic E-state index is 0.130. The Balaban J connectivity index is 2.12. The molecule has 1 aromatic heterocycles. The van der Waals surface area contributed by atoms with Gasteiger partial charge in [0.2, 0.25) is 0 Å². The van der Waals surface area contributed by atoms with Gasteiger partial charge in [-0.2, -0.15) is 0 Å². The van der Waals surface area contributed by atoms with Crippen LogP contribution in [-0.2, 0) is 13.0 Å². The Morgan fingerprint density at radius 2 is 1.91 bits per heavy atom. The van der Waals surface area contributed by atoms with Gasteiger partial charge in [-0.15, -0.1) is 0 Å². The molecular formula is C19H22FNO. The molecule has 2 rings (SSSR count). The van der Waals surface area contributed by atoms with E-state index in [2.05, 4.69) is 4.57 Å². The second kappa shape index (κ2) is 7.21. The number of carbonyl (C=O) groups is 1. The van der Waals surface area contributed by atoms with Crippen LogP contribution in [0.2, 0.25) is 0 Å². The van der Waals surface area contributed by atoms with E-state index in [1.54, 1.807) is 12.1 Å². The summed E-state index contributed by atoms with van der Waals surface area (Å²) >= 11 is 0. The molecule has 0 radical (unpaired) electrons. The van der Waals surface area contributed by atoms with Crippen molar-refractivity contribution in [2.75, 3.05) is 0 Å². The Labute approximate surface area is 131 Å². The van der Waals surface area contributed by atoms with Crippen LogP contribution in [-0.4, -0.2) is 10.4 Å². The highest BCUT2D eigenvalue weighted by atomic mass is 19.1. The molecule has 0 unspecified atom stereocenters. The fourth-order valence-corrected chi connectivity index (χ4v) is 2.50. The number of hydrogen-bond acceptors (Lipinski definition) is 1. The van der Waals surface area contributed by atoms with E-state index in [1.165, 1.54) is 12.1 Å². The van der Waals surface area contributed by atoms with Crippen molar-refractivity contribution in [1.29, 1.82) is 0 Å². The van der Waals surface area contributed by atoms with Crippen molar-refractivity contribution in [2.45, 2.75) is 40.2 Å². The SMILES string of the molecule is CC=CCn1c(C(=O)CCc2ccc(F)cc2)cc(C)c1C. The molecular weight excluding hydrogens is 277 g/mol. The maximum Gasteiger partial charge on any atom is 0.179 e. The average Bonchev–Trinajstić information content (AvgIpc) is 2.80. The molecule has 1 aromatic carbocycles. The number of halogens is 1. The molecule has 0 bridgehead atoms. The van der Waals surface area contributed by atoms with Gasteiger partial charge < -0.3 is 4.57 Å². The van der Waals surface area contributed by atoms with Gasteiger partial charge in [0, 0.05) is 18.7 Å². The van der Waals surface area contributed by atoms with Crippen LogP contribution in [0.15, 0.2) is 42.5 Å². The van der Waals surface area contributed by atoms with Gasteiger partial charge in [0.15, 0.2) is 5.78 Å². The first kappa shape index (κ1) is 16.2. The van der Waals surface area contributed by atoms with Gasteiger partial charge in [0.05, 0.1) is 5.69 Å². The molecule has 1 heterocycles. The van der Waals surface area contributed by atoms with Gasteiger partial charge in [-0.25, -0.2) is 4.39 Å². The van der Waals surface area contributed by atoms with Gasteiger partial charge in [0.25, 0.3) is 0 Å². The van der Waals surface area contributed by atoms with Crippen LogP contribution >= 0.6 is 0 Å². The number of aryl methyl sites for hydroxylation is 2. The van der Waals surface area contributed by atoms with E-state index in [4.69, 9.17) is 0 Å². The quantitative estimate of drug-likeness (QED) is 0.563. The summed E-state index contributed by atoms with van der Waals surface area (Å²) in [5.74, 6) is -0.119. The standard InChI is InChI=1S/C19H22FNO/c1-4-5-12-21-15(3)14(2)13-18(21)19(22)11-8-16-6-9-17(20)10-7-16/h4-7,9-10,13H,8,11-12H2,1-3H3. The van der Waals surface area contributed by atoms with E-state index < -0.39 is 0 Å². The van der Waals surface area contributed by atoms with E-state index in [-0.39, 0.29) is 11.6 Å². The van der Waals surface area contributed by atoms with Gasteiger partial charge in [-0.05, 0) is 56.5 Å². The van der Waals surface area contributed by atoms with Gasteiger partial charge in [0.1, 0.15) is 5.82 Å². The first-order valence-electron chi connectivity index (χ1n) is 7.58. The summed E-state index contributed by atoms with van der Waals surface area (Å²) in [7, 11) is 0. The van der Waals surface area contributed by atoms with Crippen LogP contribution < -0.4 is 0 Å². The molecule has 0 aliphatic carbocycles. The highest BCUT2D eigenvalue weighted by molar-refractivity contribution is 5.95. The number of benzene rings is 1. The molecule has 2 aromatic rings. The van der Waals surface area contributed by atoms with Crippen molar-refractivity contribution in [2.24, 2.45) is 0 Å². The van der Waals surface area contributed by atoms with E-state index >= 15 is 0 Å². The minimum Gasteiger partial charge on any atom is -0.338 e. The molecule has 0 fully saturated rings. The third-order valence-corrected chi connectivity index (χ3v) is 3.98. The Bertz CT molecular complexity index is 680. The van der Waals surface area contributed by atoms with E-state index in [1.807, 2.05) is 39.0 Å². The summed E-state index contributed by atoms with van der Waals surface area (Å²) in [6, 6.07) is 8.30. The third-order valence-electron chi connectivity index (χ3n) is 3.98. The molecule has 3 heteroatoms. The number of hydrogen-bond donors (Lipinski definition) is 0. The second-order valence-corrected chi connectivity index (χ2v) is 5.53. The molecule has 22 heavy (non-hydrogen) atoms. The zero-order valence-electron chi connectivity index (χ0n) is 13.4. The topological polar surface area (TPSA) is 22.0 Å². The number of nitrogens with zero attached hydrogens (tertiary/aromatic N) is 1. The van der Waals surface area contributed by atoms with Crippen LogP contribution in [0, 0.1) is 19.7 Å². The molecule has 0 saturated heterocycles. The van der Waals surface area contributed by atoms with Crippen molar-refractivity contribution in [1.82, 2.24) is 4.57 Å². The fraction of sp³-hybridized carbons (Fsp3) is 0.316. The normalized spacial score (nSPS) is 11.3. The summed E-state index contributed by atoms with van der Waals surface area (Å²) in [4.78, 5) is 12.5. The Hall–Kier alpha value is -2.16. The second-order valence-electron chi connectivity index (χ2n) is 5.53. The lowest BCUT2D eigenvalue weighted by Crippen LogP contribution is -2.10. The summed E-state index contributed by atoms with van der Waals surface area (Å²) in [6.45, 7) is 6.75. The van der Waals surface area contributed by atoms with Crippen LogP contribution in [0.5, 0.6) is 0 Å². The van der Waals surface area contributed by atoms with Crippen molar-refractivity contribution in [3.8, 4) is 0 Å². The van der Waals surface area contributed by atoms with E-state index in [9.17, 15) is 9.18 Å². The molecule has 2 nitrogen and oxygen atoms in total. The third kappa shape index (κ3) is 3.73. The zero-order valence-corrected chi connectivity index (χ0v) is 13.4. The van der Waals surface area contributed by atoms with Crippen LogP contribution in [0.4, 0.5) is 4.39 Å². The first-order chi connectivity index (χ1) is 10.5. The number of ketones is 1. The summed E-state index contributed by atoms with van der Waals surface area (Å²) < 4.78 is 15.0. The van der Waals surface area contributed by atoms with Gasteiger partial charge in [-0.1, -0.05) is 24.3 Å². The highest BCUT2D eigenvalue weighted by Crippen LogP contribution is 2.17. The fourth-order valence-electron chi connectivity index (χ4n) is 2.50. The molecule has 0 atom stereocenters. The highest BCUT2D eigenvalue weighted by Gasteiger charge is 2.15. The monoisotopic (exact) mass is 299 g/mol. The van der Waals surface area contributed by atoms with Crippen molar-refractivity contribution < 1.29 is 9.18 Å². The van der Waals surface area contributed by atoms with Crippen LogP contribution in [0.3, 0.4) is 0 Å². The minimum atomic E-state index is -0.249. The summed E-state index contributed by atoms with van der Waals surface area (Å²) in [5, 5.41) is 0. The van der Waals surface area contributed by atoms with Crippen LogP contribution in [0.1, 0.15) is 40.7 Å². The summed E-state index contributed by atoms with van der Waals surface area (Å²) in [6.07, 6.45) is 5.10. The molecule has 0 spiro atoms. The smallest absolute Gasteiger partial charge is 0.179 e. The molecule has 0 aliphatic rings. The number of Topliss-reactive ketones (excluding diaryl/α,β-unsaturated/α-hetero) is 1. The molecule has 0 amide bonds. The molecule has 0 N–H and O–H groups in total. The number of aromatic nitrogens is 1. The maximum atomic E-state index is 12.9. The largest absolute Gasteiger partial charge is 0.338 e. The van der Waals surface area contributed by atoms with Gasteiger partial charge in [-0.3, -0.25) is 4.79 Å². The van der Waals surface area contributed by atoms with Crippen LogP contribution in [0.25, 0.3) is 0 Å². The number of carbonyl (C=O) groups excluding carboxylic acids is 1. The Kier molecular flexibility index (Phi) is 5.31. The van der Waals surface area contributed by atoms with Crippen molar-refractivity contribution in [3.05, 3.63) is 70.8 Å². The average molecular weight is 299 g/mol. The molecule has 0 saturated carbocycles. The molecule has 116 valence electrons. The van der Waals surface area contributed by atoms with Crippen molar-refractivity contribution in [3.63, 3.8) is 0 Å². The van der Waals surface area contributed by atoms with E-state index in [0.29, 0.717) is 19.4 Å². The zero-order chi connectivity index (χ0) is 16.1. The Morgan fingerprint density at radius 3 is 2.55 bits per heavy atom. The Morgan fingerprint density at radius 1 is 1.23 bits per heavy atom. The number of allylic oxidation sites excluding steroid dienone is 2. The lowest BCUT2D eigenvalue weighted by molar-refractivity contribution is 0.0974. The van der Waals surface area contributed by atoms with Crippen molar-refractivity contribution >= 4 is 5.78 Å². The number of rotatable bonds is 6. The lowest BCUT2D eigenvalue weighted by Gasteiger charge is -2.09. The predicted octanol–water partition coefficient (Wildman–Crippen LogP) is 4.64. The first-order valence-corrected chi connectivity index (χ1v) is 7.58. The van der Waals surface area contributed by atoms with Gasteiger partial charge >= 0.3 is 0 Å². The predicted molar refractivity (Wildman–Crippen MR) is 87.8 cm³/mol. The lowest BCUT2D eigenvalue weighted by atomic mass is 10.1. The summed E-state index contributed by atoms with van der Waals surface area (Å²) in [5.41, 5.74) is 4.00. The van der Waals surface area contributed by atoms with E-state index in [0.717, 1.165) is 22.5 Å².